The van der Waals surface area contributed by atoms with Gasteiger partial charge in [-0.2, -0.15) is 0 Å². The summed E-state index contributed by atoms with van der Waals surface area (Å²) in [6, 6.07) is 0. The average molecular weight is 505 g/mol. The van der Waals surface area contributed by atoms with Crippen molar-refractivity contribution in [1.82, 2.24) is 0 Å². The van der Waals surface area contributed by atoms with Crippen molar-refractivity contribution >= 4 is 23.7 Å². The molecule has 0 spiro atoms. The van der Waals surface area contributed by atoms with Crippen LogP contribution in [0.5, 0.6) is 0 Å². The fourth-order valence-electron chi connectivity index (χ4n) is 9.77. The van der Waals surface area contributed by atoms with E-state index in [9.17, 15) is 24.3 Å². The monoisotopic (exact) mass is 504 g/mol. The number of ether oxygens (including phenoxy) is 2. The van der Waals surface area contributed by atoms with Crippen LogP contribution in [0.4, 0.5) is 0 Å². The van der Waals surface area contributed by atoms with E-state index in [-0.39, 0.29) is 58.5 Å². The molecule has 4 aliphatic rings. The first-order valence-electron chi connectivity index (χ1n) is 13.6. The summed E-state index contributed by atoms with van der Waals surface area (Å²) in [6.07, 6.45) is 6.09. The van der Waals surface area contributed by atoms with Gasteiger partial charge in [0.05, 0.1) is 0 Å². The molecule has 0 saturated heterocycles. The number of hydrogen-bond donors (Lipinski definition) is 1. The van der Waals surface area contributed by atoms with Crippen LogP contribution in [-0.2, 0) is 28.7 Å². The second kappa shape index (κ2) is 8.56. The average Bonchev–Trinajstić information content (AvgIpc) is 2.76. The van der Waals surface area contributed by atoms with Crippen LogP contribution in [0.25, 0.3) is 0 Å². The summed E-state index contributed by atoms with van der Waals surface area (Å²) >= 11 is 0. The Morgan fingerprint density at radius 2 is 1.50 bits per heavy atom. The highest BCUT2D eigenvalue weighted by atomic mass is 16.5. The molecule has 36 heavy (non-hydrogen) atoms. The molecule has 202 valence electrons. The Labute approximate surface area is 215 Å². The minimum absolute atomic E-state index is 0.0588. The fraction of sp³-hybridized carbons (Fsp3) is 0.862. The maximum absolute atomic E-state index is 13.9. The number of Topliss-reactive ketones (excluding diaryl/α,β-unsaturated/α-hetero) is 1. The number of ketones is 1. The first-order valence-corrected chi connectivity index (χ1v) is 13.6. The highest BCUT2D eigenvalue weighted by Crippen LogP contribution is 2.74. The number of aliphatic carboxylic acids is 1. The molecule has 0 amide bonds. The topological polar surface area (TPSA) is 107 Å². The zero-order chi connectivity index (χ0) is 26.9. The standard InChI is InChI=1S/C29H44O7/c1-17(30)35-16-29(24(33)34)15-14-27(6)19(23(29)32)8-9-21-26(5)12-11-22(36-18(2)31)25(3,4)20(26)10-13-28(21,27)7/h19-22H,8-16H2,1-7H3,(H,33,34)/t19?,20?,21?,22?,26-,27+,28+,29-/m0/s1. The van der Waals surface area contributed by atoms with Crippen molar-refractivity contribution in [1.29, 1.82) is 0 Å². The van der Waals surface area contributed by atoms with Crippen LogP contribution >= 0.6 is 0 Å². The molecular weight excluding hydrogens is 460 g/mol. The Balaban J connectivity index is 1.67. The molecule has 0 bridgehead atoms. The van der Waals surface area contributed by atoms with E-state index in [1.807, 2.05) is 0 Å². The molecule has 8 atom stereocenters. The normalized spacial score (nSPS) is 45.5. The van der Waals surface area contributed by atoms with E-state index in [2.05, 4.69) is 34.6 Å². The lowest BCUT2D eigenvalue weighted by atomic mass is 9.33. The van der Waals surface area contributed by atoms with Crippen molar-refractivity contribution in [3.8, 4) is 0 Å². The zero-order valence-electron chi connectivity index (χ0n) is 23.1. The predicted molar refractivity (Wildman–Crippen MR) is 133 cm³/mol. The molecular formula is C29H44O7. The third-order valence-corrected chi connectivity index (χ3v) is 11.9. The van der Waals surface area contributed by atoms with Gasteiger partial charge in [0, 0.05) is 25.2 Å². The molecule has 0 radical (unpaired) electrons. The lowest BCUT2D eigenvalue weighted by Crippen LogP contribution is -2.68. The van der Waals surface area contributed by atoms with Gasteiger partial charge in [-0.25, -0.2) is 0 Å². The van der Waals surface area contributed by atoms with Gasteiger partial charge >= 0.3 is 17.9 Å². The maximum Gasteiger partial charge on any atom is 0.320 e. The number of hydrogen-bond acceptors (Lipinski definition) is 6. The first kappa shape index (κ1) is 27.1. The van der Waals surface area contributed by atoms with Crippen LogP contribution < -0.4 is 0 Å². The molecule has 4 saturated carbocycles. The summed E-state index contributed by atoms with van der Waals surface area (Å²) in [5.74, 6) is -1.76. The number of fused-ring (bicyclic) bond motifs is 5. The van der Waals surface area contributed by atoms with E-state index in [0.717, 1.165) is 32.1 Å². The van der Waals surface area contributed by atoms with Crippen LogP contribution in [0.3, 0.4) is 0 Å². The molecule has 0 aromatic heterocycles. The van der Waals surface area contributed by atoms with E-state index in [1.54, 1.807) is 0 Å². The number of carbonyl (C=O) groups is 4. The number of carbonyl (C=O) groups excluding carboxylic acids is 3. The Hall–Kier alpha value is -1.92. The predicted octanol–water partition coefficient (Wildman–Crippen LogP) is 5.19. The number of esters is 2. The van der Waals surface area contributed by atoms with E-state index in [1.165, 1.54) is 13.8 Å². The maximum atomic E-state index is 13.9. The smallest absolute Gasteiger partial charge is 0.320 e. The fourth-order valence-corrected chi connectivity index (χ4v) is 9.77. The highest BCUT2D eigenvalue weighted by molar-refractivity contribution is 6.05. The Bertz CT molecular complexity index is 971. The Morgan fingerprint density at radius 1 is 0.833 bits per heavy atom. The Kier molecular flexibility index (Phi) is 6.45. The molecule has 7 heteroatoms. The minimum Gasteiger partial charge on any atom is -0.480 e. The van der Waals surface area contributed by atoms with Gasteiger partial charge in [-0.15, -0.1) is 0 Å². The van der Waals surface area contributed by atoms with E-state index in [4.69, 9.17) is 9.47 Å². The minimum atomic E-state index is -1.65. The second-order valence-electron chi connectivity index (χ2n) is 13.6. The third kappa shape index (κ3) is 3.58. The van der Waals surface area contributed by atoms with Crippen molar-refractivity contribution < 1.29 is 33.8 Å². The molecule has 0 aromatic rings. The Morgan fingerprint density at radius 3 is 2.08 bits per heavy atom. The SMILES string of the molecule is CC(=O)OC[C@@]1(C(=O)O)CC[C@]2(C)C(CCC3[C@@]4(C)CCC(OC(C)=O)C(C)(C)C4CC[C@]32C)C1=O. The molecule has 4 rings (SSSR count). The van der Waals surface area contributed by atoms with Crippen molar-refractivity contribution in [2.24, 2.45) is 44.8 Å². The number of carboxylic acid groups (broad SMARTS) is 1. The van der Waals surface area contributed by atoms with Gasteiger partial charge in [-0.1, -0.05) is 34.6 Å². The molecule has 0 aromatic carbocycles. The van der Waals surface area contributed by atoms with Gasteiger partial charge < -0.3 is 14.6 Å². The zero-order valence-corrected chi connectivity index (χ0v) is 23.1. The molecule has 1 N–H and O–H groups in total. The van der Waals surface area contributed by atoms with Gasteiger partial charge in [0.25, 0.3) is 0 Å². The lowest BCUT2D eigenvalue weighted by Gasteiger charge is -2.71. The summed E-state index contributed by atoms with van der Waals surface area (Å²) in [5, 5.41) is 10.1. The summed E-state index contributed by atoms with van der Waals surface area (Å²) < 4.78 is 10.9. The van der Waals surface area contributed by atoms with Crippen LogP contribution in [0.1, 0.15) is 99.8 Å². The molecule has 4 fully saturated rings. The molecule has 0 heterocycles. The van der Waals surface area contributed by atoms with E-state index in [0.29, 0.717) is 24.7 Å². The van der Waals surface area contributed by atoms with Gasteiger partial charge in [-0.05, 0) is 79.4 Å². The van der Waals surface area contributed by atoms with Crippen LogP contribution in [0.15, 0.2) is 0 Å². The van der Waals surface area contributed by atoms with Crippen LogP contribution in [0, 0.1) is 44.8 Å². The van der Waals surface area contributed by atoms with Crippen molar-refractivity contribution in [3.05, 3.63) is 0 Å². The molecule has 4 unspecified atom stereocenters. The molecule has 4 aliphatic carbocycles. The van der Waals surface area contributed by atoms with E-state index >= 15 is 0 Å². The lowest BCUT2D eigenvalue weighted by molar-refractivity contribution is -0.237. The first-order chi connectivity index (χ1) is 16.6. The van der Waals surface area contributed by atoms with Crippen LogP contribution in [-0.4, -0.2) is 41.5 Å². The number of rotatable bonds is 4. The van der Waals surface area contributed by atoms with Gasteiger partial charge in [0.15, 0.2) is 11.2 Å². The number of carboxylic acids is 1. The largest absolute Gasteiger partial charge is 0.480 e. The second-order valence-corrected chi connectivity index (χ2v) is 13.6. The van der Waals surface area contributed by atoms with Gasteiger partial charge in [0.1, 0.15) is 12.7 Å². The van der Waals surface area contributed by atoms with Gasteiger partial charge in [-0.3, -0.25) is 19.2 Å². The van der Waals surface area contributed by atoms with Crippen molar-refractivity contribution in [3.63, 3.8) is 0 Å². The van der Waals surface area contributed by atoms with Gasteiger partial charge in [0.2, 0.25) is 0 Å². The summed E-state index contributed by atoms with van der Waals surface area (Å²) in [5.41, 5.74) is -2.14. The van der Waals surface area contributed by atoms with Crippen LogP contribution in [0.2, 0.25) is 0 Å². The molecule has 7 nitrogen and oxygen atoms in total. The third-order valence-electron chi connectivity index (χ3n) is 11.9. The highest BCUT2D eigenvalue weighted by Gasteiger charge is 2.71. The molecule has 0 aliphatic heterocycles. The summed E-state index contributed by atoms with van der Waals surface area (Å²) in [4.78, 5) is 49.7. The quantitative estimate of drug-likeness (QED) is 0.415. The van der Waals surface area contributed by atoms with Crippen molar-refractivity contribution in [2.45, 2.75) is 106 Å². The summed E-state index contributed by atoms with van der Waals surface area (Å²) in [6.45, 7) is 13.8. The van der Waals surface area contributed by atoms with Crippen molar-refractivity contribution in [2.75, 3.05) is 6.61 Å². The van der Waals surface area contributed by atoms with E-state index < -0.39 is 17.4 Å². The summed E-state index contributed by atoms with van der Waals surface area (Å²) in [7, 11) is 0.